The van der Waals surface area contributed by atoms with E-state index < -0.39 is 0 Å². The number of hydrogen-bond acceptors (Lipinski definition) is 3. The summed E-state index contributed by atoms with van der Waals surface area (Å²) in [6.07, 6.45) is 2.11. The van der Waals surface area contributed by atoms with Crippen LogP contribution in [-0.2, 0) is 4.79 Å². The summed E-state index contributed by atoms with van der Waals surface area (Å²) in [5, 5.41) is 10.1. The van der Waals surface area contributed by atoms with Crippen LogP contribution in [0.1, 0.15) is 19.8 Å². The first kappa shape index (κ1) is 10.6. The van der Waals surface area contributed by atoms with Crippen molar-refractivity contribution in [1.29, 1.82) is 0 Å². The summed E-state index contributed by atoms with van der Waals surface area (Å²) in [5.41, 5.74) is 0.907. The van der Waals surface area contributed by atoms with E-state index in [1.807, 2.05) is 16.8 Å². The van der Waals surface area contributed by atoms with Crippen molar-refractivity contribution in [3.05, 3.63) is 16.8 Å². The zero-order chi connectivity index (χ0) is 10.7. The Morgan fingerprint density at radius 1 is 1.67 bits per heavy atom. The molecule has 0 aliphatic carbocycles. The third kappa shape index (κ3) is 2.79. The molecule has 0 bridgehead atoms. The van der Waals surface area contributed by atoms with Crippen molar-refractivity contribution in [3.63, 3.8) is 0 Å². The van der Waals surface area contributed by atoms with Crippen LogP contribution in [0.2, 0.25) is 0 Å². The Labute approximate surface area is 93.9 Å². The summed E-state index contributed by atoms with van der Waals surface area (Å²) in [4.78, 5) is 11.8. The number of rotatable bonds is 2. The SMILES string of the molecule is CC1CCNC(C(=O)Nc2ccsc2)C1. The van der Waals surface area contributed by atoms with Crippen molar-refractivity contribution in [3.8, 4) is 0 Å². The summed E-state index contributed by atoms with van der Waals surface area (Å²) in [6, 6.07) is 1.91. The molecule has 1 aliphatic rings. The van der Waals surface area contributed by atoms with Gasteiger partial charge in [0.05, 0.1) is 11.7 Å². The number of carbonyl (C=O) groups excluding carboxylic acids is 1. The molecule has 1 fully saturated rings. The van der Waals surface area contributed by atoms with Crippen molar-refractivity contribution in [2.24, 2.45) is 5.92 Å². The Hall–Kier alpha value is -0.870. The molecule has 1 saturated heterocycles. The second kappa shape index (κ2) is 4.77. The molecule has 1 amide bonds. The van der Waals surface area contributed by atoms with Crippen LogP contribution in [0.5, 0.6) is 0 Å². The van der Waals surface area contributed by atoms with Gasteiger partial charge in [-0.1, -0.05) is 6.92 Å². The molecule has 1 aromatic heterocycles. The highest BCUT2D eigenvalue weighted by Gasteiger charge is 2.24. The third-order valence-electron chi connectivity index (χ3n) is 2.77. The number of thiophene rings is 1. The van der Waals surface area contributed by atoms with E-state index in [9.17, 15) is 4.79 Å². The minimum atomic E-state index is -0.0198. The summed E-state index contributed by atoms with van der Waals surface area (Å²) < 4.78 is 0. The van der Waals surface area contributed by atoms with Crippen LogP contribution in [0, 0.1) is 5.92 Å². The van der Waals surface area contributed by atoms with Crippen molar-refractivity contribution < 1.29 is 4.79 Å². The summed E-state index contributed by atoms with van der Waals surface area (Å²) in [5.74, 6) is 0.740. The third-order valence-corrected chi connectivity index (χ3v) is 3.45. The van der Waals surface area contributed by atoms with E-state index in [0.29, 0.717) is 5.92 Å². The Morgan fingerprint density at radius 2 is 2.53 bits per heavy atom. The Kier molecular flexibility index (Phi) is 3.38. The maximum atomic E-state index is 11.8. The minimum Gasteiger partial charge on any atom is -0.324 e. The van der Waals surface area contributed by atoms with Crippen LogP contribution in [0.25, 0.3) is 0 Å². The summed E-state index contributed by atoms with van der Waals surface area (Å²) in [6.45, 7) is 3.15. The van der Waals surface area contributed by atoms with Gasteiger partial charge in [0.15, 0.2) is 0 Å². The molecule has 1 aromatic rings. The molecule has 0 saturated carbocycles. The molecule has 0 aromatic carbocycles. The molecule has 4 heteroatoms. The van der Waals surface area contributed by atoms with Gasteiger partial charge in [-0.25, -0.2) is 0 Å². The zero-order valence-corrected chi connectivity index (χ0v) is 9.64. The lowest BCUT2D eigenvalue weighted by Gasteiger charge is -2.27. The zero-order valence-electron chi connectivity index (χ0n) is 8.82. The first-order valence-corrected chi connectivity index (χ1v) is 6.26. The van der Waals surface area contributed by atoms with Crippen LogP contribution in [0.4, 0.5) is 5.69 Å². The lowest BCUT2D eigenvalue weighted by molar-refractivity contribution is -0.119. The number of amides is 1. The van der Waals surface area contributed by atoms with Crippen molar-refractivity contribution in [2.45, 2.75) is 25.8 Å². The predicted octanol–water partition coefficient (Wildman–Crippen LogP) is 2.07. The van der Waals surface area contributed by atoms with Gasteiger partial charge in [0, 0.05) is 5.38 Å². The fourth-order valence-electron chi connectivity index (χ4n) is 1.87. The fraction of sp³-hybridized carbons (Fsp3) is 0.545. The first-order valence-electron chi connectivity index (χ1n) is 5.32. The van der Waals surface area contributed by atoms with Gasteiger partial charge in [-0.05, 0) is 36.8 Å². The van der Waals surface area contributed by atoms with Crippen molar-refractivity contribution in [1.82, 2.24) is 5.32 Å². The van der Waals surface area contributed by atoms with Gasteiger partial charge in [-0.15, -0.1) is 0 Å². The Morgan fingerprint density at radius 3 is 3.20 bits per heavy atom. The lowest BCUT2D eigenvalue weighted by Crippen LogP contribution is -2.45. The average molecular weight is 224 g/mol. The van der Waals surface area contributed by atoms with Gasteiger partial charge in [0.25, 0.3) is 0 Å². The van der Waals surface area contributed by atoms with Crippen LogP contribution < -0.4 is 10.6 Å². The predicted molar refractivity (Wildman–Crippen MR) is 63.1 cm³/mol. The minimum absolute atomic E-state index is 0.0198. The second-order valence-electron chi connectivity index (χ2n) is 4.14. The first-order chi connectivity index (χ1) is 7.25. The number of anilines is 1. The van der Waals surface area contributed by atoms with Gasteiger partial charge >= 0.3 is 0 Å². The highest BCUT2D eigenvalue weighted by Crippen LogP contribution is 2.17. The van der Waals surface area contributed by atoms with E-state index in [4.69, 9.17) is 0 Å². The molecule has 3 nitrogen and oxygen atoms in total. The van der Waals surface area contributed by atoms with Gasteiger partial charge in [-0.3, -0.25) is 4.79 Å². The normalized spacial score (nSPS) is 26.2. The van der Waals surface area contributed by atoms with Crippen LogP contribution in [0.15, 0.2) is 16.8 Å². The Bertz CT molecular complexity index is 323. The molecule has 15 heavy (non-hydrogen) atoms. The van der Waals surface area contributed by atoms with Gasteiger partial charge in [0.1, 0.15) is 0 Å². The van der Waals surface area contributed by atoms with E-state index in [-0.39, 0.29) is 11.9 Å². The van der Waals surface area contributed by atoms with Gasteiger partial charge in [-0.2, -0.15) is 11.3 Å². The molecule has 0 radical (unpaired) electrons. The highest BCUT2D eigenvalue weighted by molar-refractivity contribution is 7.08. The molecule has 2 rings (SSSR count). The molecule has 2 atom stereocenters. The molecule has 2 unspecified atom stereocenters. The average Bonchev–Trinajstić information content (AvgIpc) is 2.70. The molecule has 2 heterocycles. The standard InChI is InChI=1S/C11H16N2OS/c1-8-2-4-12-10(6-8)11(14)13-9-3-5-15-7-9/h3,5,7-8,10,12H,2,4,6H2,1H3,(H,13,14). The Balaban J connectivity index is 1.90. The van der Waals surface area contributed by atoms with E-state index >= 15 is 0 Å². The molecule has 0 spiro atoms. The second-order valence-corrected chi connectivity index (χ2v) is 4.92. The van der Waals surface area contributed by atoms with E-state index in [1.165, 1.54) is 6.42 Å². The molecular formula is C11H16N2OS. The van der Waals surface area contributed by atoms with Crippen LogP contribution >= 0.6 is 11.3 Å². The molecule has 1 aliphatic heterocycles. The number of nitrogens with one attached hydrogen (secondary N) is 2. The van der Waals surface area contributed by atoms with E-state index in [0.717, 1.165) is 18.7 Å². The fourth-order valence-corrected chi connectivity index (χ4v) is 2.46. The van der Waals surface area contributed by atoms with Crippen LogP contribution in [0.3, 0.4) is 0 Å². The lowest BCUT2D eigenvalue weighted by atomic mass is 9.94. The van der Waals surface area contributed by atoms with E-state index in [1.54, 1.807) is 11.3 Å². The maximum absolute atomic E-state index is 11.8. The number of piperidine rings is 1. The smallest absolute Gasteiger partial charge is 0.241 e. The van der Waals surface area contributed by atoms with Crippen LogP contribution in [-0.4, -0.2) is 18.5 Å². The van der Waals surface area contributed by atoms with Gasteiger partial charge in [0.2, 0.25) is 5.91 Å². The molecule has 2 N–H and O–H groups in total. The number of hydrogen-bond donors (Lipinski definition) is 2. The van der Waals surface area contributed by atoms with E-state index in [2.05, 4.69) is 17.6 Å². The topological polar surface area (TPSA) is 41.1 Å². The monoisotopic (exact) mass is 224 g/mol. The summed E-state index contributed by atoms with van der Waals surface area (Å²) >= 11 is 1.59. The van der Waals surface area contributed by atoms with Crippen molar-refractivity contribution in [2.75, 3.05) is 11.9 Å². The highest BCUT2D eigenvalue weighted by atomic mass is 32.1. The number of carbonyl (C=O) groups is 1. The molecule has 82 valence electrons. The van der Waals surface area contributed by atoms with Gasteiger partial charge < -0.3 is 10.6 Å². The largest absolute Gasteiger partial charge is 0.324 e. The van der Waals surface area contributed by atoms with Crippen molar-refractivity contribution >= 4 is 22.9 Å². The maximum Gasteiger partial charge on any atom is 0.241 e. The quantitative estimate of drug-likeness (QED) is 0.807. The molecular weight excluding hydrogens is 208 g/mol. The summed E-state index contributed by atoms with van der Waals surface area (Å²) in [7, 11) is 0.